The van der Waals surface area contributed by atoms with Crippen molar-refractivity contribution in [2.45, 2.75) is 18.2 Å². The van der Waals surface area contributed by atoms with Gasteiger partial charge in [0.05, 0.1) is 10.5 Å². The summed E-state index contributed by atoms with van der Waals surface area (Å²) < 4.78 is 26.1. The number of carboxylic acids is 1. The molecule has 0 saturated carbocycles. The first-order valence-corrected chi connectivity index (χ1v) is 6.90. The number of carbonyl (C=O) groups is 1. The largest absolute Gasteiger partial charge is 0.478 e. The lowest BCUT2D eigenvalue weighted by Crippen LogP contribution is -2.26. The summed E-state index contributed by atoms with van der Waals surface area (Å²) in [7, 11) is -3.67. The lowest BCUT2D eigenvalue weighted by atomic mass is 10.1. The van der Waals surface area contributed by atoms with Crippen LogP contribution in [0.3, 0.4) is 0 Å². The first-order chi connectivity index (χ1) is 8.38. The number of sulfonamides is 1. The van der Waals surface area contributed by atoms with Crippen LogP contribution in [0, 0.1) is 6.92 Å². The number of rotatable bonds is 6. The minimum atomic E-state index is -3.67. The van der Waals surface area contributed by atoms with Gasteiger partial charge in [0.1, 0.15) is 0 Å². The molecule has 1 aromatic rings. The number of nitrogens with two attached hydrogens (primary N) is 1. The molecule has 0 amide bonds. The van der Waals surface area contributed by atoms with Crippen molar-refractivity contribution in [1.82, 2.24) is 4.72 Å². The van der Waals surface area contributed by atoms with Crippen molar-refractivity contribution in [2.24, 2.45) is 5.73 Å². The molecule has 0 heterocycles. The summed E-state index contributed by atoms with van der Waals surface area (Å²) in [4.78, 5) is 10.9. The van der Waals surface area contributed by atoms with Crippen LogP contribution in [-0.4, -0.2) is 32.6 Å². The van der Waals surface area contributed by atoms with Gasteiger partial charge >= 0.3 is 5.97 Å². The van der Waals surface area contributed by atoms with E-state index in [-0.39, 0.29) is 17.0 Å². The molecule has 0 aromatic heterocycles. The number of aromatic carboxylic acids is 1. The van der Waals surface area contributed by atoms with Crippen molar-refractivity contribution in [3.63, 3.8) is 0 Å². The predicted molar refractivity (Wildman–Crippen MR) is 67.0 cm³/mol. The molecule has 0 unspecified atom stereocenters. The van der Waals surface area contributed by atoms with Crippen molar-refractivity contribution in [1.29, 1.82) is 0 Å². The fourth-order valence-electron chi connectivity index (χ4n) is 1.39. The second kappa shape index (κ2) is 5.94. The van der Waals surface area contributed by atoms with Gasteiger partial charge in [-0.2, -0.15) is 0 Å². The van der Waals surface area contributed by atoms with E-state index in [1.54, 1.807) is 6.92 Å². The van der Waals surface area contributed by atoms with Crippen LogP contribution in [0.2, 0.25) is 0 Å². The van der Waals surface area contributed by atoms with Crippen LogP contribution < -0.4 is 10.5 Å². The number of hydrogen-bond acceptors (Lipinski definition) is 4. The van der Waals surface area contributed by atoms with E-state index in [9.17, 15) is 13.2 Å². The molecule has 6 nitrogen and oxygen atoms in total. The third kappa shape index (κ3) is 3.52. The van der Waals surface area contributed by atoms with Crippen LogP contribution in [-0.2, 0) is 10.0 Å². The third-order valence-electron chi connectivity index (χ3n) is 2.42. The average molecular weight is 272 g/mol. The van der Waals surface area contributed by atoms with Crippen molar-refractivity contribution >= 4 is 16.0 Å². The zero-order chi connectivity index (χ0) is 13.8. The molecule has 0 atom stereocenters. The van der Waals surface area contributed by atoms with E-state index in [1.807, 2.05) is 0 Å². The number of benzene rings is 1. The second-order valence-electron chi connectivity index (χ2n) is 3.82. The Kier molecular flexibility index (Phi) is 4.83. The van der Waals surface area contributed by atoms with E-state index in [2.05, 4.69) is 4.72 Å². The predicted octanol–water partition coefficient (Wildman–Crippen LogP) is 0.320. The molecule has 0 radical (unpaired) electrons. The molecule has 4 N–H and O–H groups in total. The van der Waals surface area contributed by atoms with Gasteiger partial charge in [0.15, 0.2) is 0 Å². The Balaban J connectivity index is 3.02. The van der Waals surface area contributed by atoms with Gasteiger partial charge in [-0.1, -0.05) is 6.07 Å². The number of carboxylic acid groups (broad SMARTS) is 1. The first kappa shape index (κ1) is 14.6. The highest BCUT2D eigenvalue weighted by molar-refractivity contribution is 7.89. The number of aryl methyl sites for hydroxylation is 1. The van der Waals surface area contributed by atoms with Crippen LogP contribution in [0.5, 0.6) is 0 Å². The van der Waals surface area contributed by atoms with Crippen LogP contribution in [0.25, 0.3) is 0 Å². The molecule has 18 heavy (non-hydrogen) atoms. The Hall–Kier alpha value is -1.44. The quantitative estimate of drug-likeness (QED) is 0.646. The van der Waals surface area contributed by atoms with Crippen molar-refractivity contribution in [2.75, 3.05) is 13.1 Å². The molecule has 100 valence electrons. The topological polar surface area (TPSA) is 109 Å². The molecule has 1 rings (SSSR count). The van der Waals surface area contributed by atoms with E-state index < -0.39 is 16.0 Å². The summed E-state index contributed by atoms with van der Waals surface area (Å²) >= 11 is 0. The molecule has 0 aliphatic heterocycles. The van der Waals surface area contributed by atoms with Crippen LogP contribution in [0.4, 0.5) is 0 Å². The molecule has 1 aromatic carbocycles. The van der Waals surface area contributed by atoms with Crippen molar-refractivity contribution in [3.8, 4) is 0 Å². The van der Waals surface area contributed by atoms with Gasteiger partial charge in [-0.05, 0) is 37.6 Å². The highest BCUT2D eigenvalue weighted by Crippen LogP contribution is 2.15. The summed E-state index contributed by atoms with van der Waals surface area (Å²) in [5, 5.41) is 8.94. The Morgan fingerprint density at radius 1 is 1.44 bits per heavy atom. The molecule has 0 aliphatic rings. The molecule has 0 aliphatic carbocycles. The minimum Gasteiger partial charge on any atom is -0.478 e. The van der Waals surface area contributed by atoms with Gasteiger partial charge in [-0.25, -0.2) is 17.9 Å². The van der Waals surface area contributed by atoms with Crippen LogP contribution in [0.1, 0.15) is 22.3 Å². The SMILES string of the molecule is Cc1ccc(S(=O)(=O)NCCCN)cc1C(=O)O. The van der Waals surface area contributed by atoms with Gasteiger partial charge in [0.25, 0.3) is 0 Å². The van der Waals surface area contributed by atoms with E-state index in [0.717, 1.165) is 6.07 Å². The summed E-state index contributed by atoms with van der Waals surface area (Å²) in [5.74, 6) is -1.15. The summed E-state index contributed by atoms with van der Waals surface area (Å²) in [6.07, 6.45) is 0.525. The fourth-order valence-corrected chi connectivity index (χ4v) is 2.49. The Morgan fingerprint density at radius 2 is 2.11 bits per heavy atom. The molecule has 0 bridgehead atoms. The number of hydrogen-bond donors (Lipinski definition) is 3. The third-order valence-corrected chi connectivity index (χ3v) is 3.88. The van der Waals surface area contributed by atoms with Crippen LogP contribution in [0.15, 0.2) is 23.1 Å². The summed E-state index contributed by atoms with van der Waals surface area (Å²) in [6, 6.07) is 4.01. The normalized spacial score (nSPS) is 11.4. The highest BCUT2D eigenvalue weighted by atomic mass is 32.2. The first-order valence-electron chi connectivity index (χ1n) is 5.42. The fraction of sp³-hybridized carbons (Fsp3) is 0.364. The molecule has 7 heteroatoms. The van der Waals surface area contributed by atoms with Gasteiger partial charge < -0.3 is 10.8 Å². The minimum absolute atomic E-state index is 0.0169. The second-order valence-corrected chi connectivity index (χ2v) is 5.59. The van der Waals surface area contributed by atoms with E-state index in [4.69, 9.17) is 10.8 Å². The zero-order valence-electron chi connectivity index (χ0n) is 10.0. The standard InChI is InChI=1S/C11H16N2O4S/c1-8-3-4-9(7-10(8)11(14)15)18(16,17)13-6-2-5-12/h3-4,7,13H,2,5-6,12H2,1H3,(H,14,15). The molecular weight excluding hydrogens is 256 g/mol. The van der Waals surface area contributed by atoms with Crippen molar-refractivity contribution < 1.29 is 18.3 Å². The lowest BCUT2D eigenvalue weighted by molar-refractivity contribution is 0.0696. The highest BCUT2D eigenvalue weighted by Gasteiger charge is 2.16. The smallest absolute Gasteiger partial charge is 0.335 e. The van der Waals surface area contributed by atoms with E-state index >= 15 is 0 Å². The van der Waals surface area contributed by atoms with E-state index in [0.29, 0.717) is 18.5 Å². The molecule has 0 saturated heterocycles. The summed E-state index contributed by atoms with van der Waals surface area (Å²) in [5.41, 5.74) is 5.77. The average Bonchev–Trinajstić information content (AvgIpc) is 2.29. The Labute approximate surface area is 106 Å². The molecule has 0 fully saturated rings. The van der Waals surface area contributed by atoms with Gasteiger partial charge in [0, 0.05) is 6.54 Å². The zero-order valence-corrected chi connectivity index (χ0v) is 10.8. The molecule has 0 spiro atoms. The maximum atomic E-state index is 11.8. The number of nitrogens with one attached hydrogen (secondary N) is 1. The van der Waals surface area contributed by atoms with Gasteiger partial charge in [-0.3, -0.25) is 0 Å². The Bertz CT molecular complexity index is 540. The van der Waals surface area contributed by atoms with Gasteiger partial charge in [0.2, 0.25) is 10.0 Å². The maximum Gasteiger partial charge on any atom is 0.335 e. The summed E-state index contributed by atoms with van der Waals surface area (Å²) in [6.45, 7) is 2.23. The lowest BCUT2D eigenvalue weighted by Gasteiger charge is -2.08. The van der Waals surface area contributed by atoms with E-state index in [1.165, 1.54) is 12.1 Å². The monoisotopic (exact) mass is 272 g/mol. The maximum absolute atomic E-state index is 11.8. The van der Waals surface area contributed by atoms with Gasteiger partial charge in [-0.15, -0.1) is 0 Å². The van der Waals surface area contributed by atoms with Crippen molar-refractivity contribution in [3.05, 3.63) is 29.3 Å². The Morgan fingerprint density at radius 3 is 2.67 bits per heavy atom. The molecular formula is C11H16N2O4S. The van der Waals surface area contributed by atoms with Crippen LogP contribution >= 0.6 is 0 Å².